The van der Waals surface area contributed by atoms with E-state index in [1.54, 1.807) is 16.7 Å². The van der Waals surface area contributed by atoms with Crippen LogP contribution in [0.15, 0.2) is 79.0 Å². The van der Waals surface area contributed by atoms with E-state index in [2.05, 4.69) is 10.3 Å². The van der Waals surface area contributed by atoms with Crippen LogP contribution in [0.2, 0.25) is 18.6 Å². The average Bonchev–Trinajstić information content (AvgIpc) is 3.80. The van der Waals surface area contributed by atoms with E-state index in [4.69, 9.17) is 9.47 Å². The minimum absolute atomic E-state index is 0.0942. The van der Waals surface area contributed by atoms with Crippen molar-refractivity contribution in [3.8, 4) is 5.75 Å². The van der Waals surface area contributed by atoms with Gasteiger partial charge < -0.3 is 29.2 Å². The normalized spacial score (nSPS) is 24.0. The molecule has 2 amide bonds. The molecule has 0 bridgehead atoms. The number of ether oxygens (including phenoxy) is 2. The Bertz CT molecular complexity index is 1930. The monoisotopic (exact) mass is 737 g/mol. The van der Waals surface area contributed by atoms with Gasteiger partial charge in [0.2, 0.25) is 5.91 Å². The molecule has 280 valence electrons. The van der Waals surface area contributed by atoms with E-state index in [0.29, 0.717) is 43.9 Å². The van der Waals surface area contributed by atoms with Crippen LogP contribution in [0, 0.1) is 5.92 Å². The standard InChI is InChI=1S/C41H51N5O6Si/c1-28-39(53(3,4)50)37(20-22-44-26-35(42-43-44)33(27-47)30-14-8-7-9-15-30)52-41(28)34-24-32(51-2)18-19-36(34)46(40(41)49)25-29-13-12-16-31(23-29)45-21-11-6-5-10-17-38(45)48/h7-9,12-16,18-19,23-24,26,28,33,37,39,47,50H,5-6,10-11,17,20-22,25,27H2,1-4H3/t28-,33?,37+,39-,41+/m0/s1. The summed E-state index contributed by atoms with van der Waals surface area (Å²) in [6.45, 7) is 7.23. The molecule has 2 saturated heterocycles. The van der Waals surface area contributed by atoms with Crippen molar-refractivity contribution in [3.63, 3.8) is 0 Å². The molecule has 12 heteroatoms. The van der Waals surface area contributed by atoms with Crippen LogP contribution >= 0.6 is 0 Å². The minimum Gasteiger partial charge on any atom is -0.497 e. The van der Waals surface area contributed by atoms with Crippen LogP contribution in [0.25, 0.3) is 0 Å². The highest BCUT2D eigenvalue weighted by Crippen LogP contribution is 2.60. The molecule has 53 heavy (non-hydrogen) atoms. The molecule has 7 rings (SSSR count). The van der Waals surface area contributed by atoms with Crippen molar-refractivity contribution in [2.75, 3.05) is 30.1 Å². The number of aromatic nitrogens is 3. The molecule has 3 aromatic carbocycles. The van der Waals surface area contributed by atoms with Gasteiger partial charge in [0.05, 0.1) is 43.7 Å². The molecule has 2 fully saturated rings. The molecule has 3 aliphatic heterocycles. The first-order chi connectivity index (χ1) is 25.5. The maximum Gasteiger partial charge on any atom is 0.264 e. The summed E-state index contributed by atoms with van der Waals surface area (Å²) < 4.78 is 14.5. The van der Waals surface area contributed by atoms with E-state index in [9.17, 15) is 14.7 Å². The van der Waals surface area contributed by atoms with E-state index in [1.165, 1.54) is 0 Å². The second kappa shape index (κ2) is 15.2. The number of anilines is 2. The number of aliphatic hydroxyl groups excluding tert-OH is 1. The molecular weight excluding hydrogens is 687 g/mol. The van der Waals surface area contributed by atoms with Crippen molar-refractivity contribution in [1.82, 2.24) is 15.0 Å². The number of carbonyl (C=O) groups is 2. The lowest BCUT2D eigenvalue weighted by molar-refractivity contribution is -0.146. The number of aryl methyl sites for hydroxylation is 1. The number of benzene rings is 3. The summed E-state index contributed by atoms with van der Waals surface area (Å²) in [5.74, 6) is -0.0306. The SMILES string of the molecule is COc1ccc2c(c1)[C@@]1(O[C@H](CCn3cc(C(CO)c4ccccc4)nn3)[C@@H]([Si](C)(C)O)[C@@H]1C)C(=O)N2Cc1cccc(N2CCCCCCC2=O)c1. The molecule has 1 unspecified atom stereocenters. The number of nitrogens with zero attached hydrogens (tertiary/aromatic N) is 5. The van der Waals surface area contributed by atoms with Crippen LogP contribution in [0.3, 0.4) is 0 Å². The Morgan fingerprint density at radius 1 is 1.02 bits per heavy atom. The first-order valence-electron chi connectivity index (χ1n) is 18.9. The van der Waals surface area contributed by atoms with E-state index >= 15 is 4.79 Å². The van der Waals surface area contributed by atoms with Crippen molar-refractivity contribution >= 4 is 31.5 Å². The van der Waals surface area contributed by atoms with E-state index < -0.39 is 20.0 Å². The number of carbonyl (C=O) groups excluding carboxylic acids is 2. The molecule has 1 aromatic heterocycles. The van der Waals surface area contributed by atoms with Crippen molar-refractivity contribution in [1.29, 1.82) is 0 Å². The van der Waals surface area contributed by atoms with Gasteiger partial charge in [0.15, 0.2) is 13.9 Å². The fourth-order valence-electron chi connectivity index (χ4n) is 8.95. The zero-order valence-electron chi connectivity index (χ0n) is 31.1. The molecule has 4 aromatic rings. The topological polar surface area (TPSA) is 130 Å². The van der Waals surface area contributed by atoms with Crippen molar-refractivity contribution in [2.45, 2.75) is 94.8 Å². The molecule has 2 N–H and O–H groups in total. The molecular formula is C41H51N5O6Si. The number of amides is 2. The largest absolute Gasteiger partial charge is 0.497 e. The number of hydrogen-bond donors (Lipinski definition) is 2. The van der Waals surface area contributed by atoms with Gasteiger partial charge in [0.1, 0.15) is 5.75 Å². The van der Waals surface area contributed by atoms with Gasteiger partial charge in [0, 0.05) is 48.4 Å². The van der Waals surface area contributed by atoms with Gasteiger partial charge in [0.25, 0.3) is 5.91 Å². The van der Waals surface area contributed by atoms with Crippen molar-refractivity contribution < 1.29 is 29.0 Å². The van der Waals surface area contributed by atoms with Gasteiger partial charge in [-0.1, -0.05) is 67.4 Å². The number of aliphatic hydroxyl groups is 1. The number of methoxy groups -OCH3 is 1. The summed E-state index contributed by atoms with van der Waals surface area (Å²) in [5.41, 5.74) is 3.31. The second-order valence-electron chi connectivity index (χ2n) is 15.4. The highest BCUT2D eigenvalue weighted by atomic mass is 28.4. The van der Waals surface area contributed by atoms with Crippen LogP contribution in [-0.2, 0) is 33.0 Å². The molecule has 5 atom stereocenters. The van der Waals surface area contributed by atoms with Crippen LogP contribution < -0.4 is 14.5 Å². The Morgan fingerprint density at radius 3 is 2.57 bits per heavy atom. The summed E-state index contributed by atoms with van der Waals surface area (Å²) in [7, 11) is -1.29. The molecule has 11 nitrogen and oxygen atoms in total. The van der Waals surface area contributed by atoms with Gasteiger partial charge in [-0.15, -0.1) is 5.10 Å². The zero-order chi connectivity index (χ0) is 37.3. The fraction of sp³-hybridized carbons (Fsp3) is 0.463. The molecule has 0 radical (unpaired) electrons. The molecule has 1 spiro atoms. The number of fused-ring (bicyclic) bond motifs is 2. The molecule has 0 aliphatic carbocycles. The highest BCUT2D eigenvalue weighted by molar-refractivity contribution is 6.71. The van der Waals surface area contributed by atoms with Crippen LogP contribution in [0.4, 0.5) is 11.4 Å². The van der Waals surface area contributed by atoms with E-state index in [0.717, 1.165) is 53.7 Å². The van der Waals surface area contributed by atoms with E-state index in [1.807, 2.05) is 104 Å². The Labute approximate surface area is 312 Å². The molecule has 4 heterocycles. The fourth-order valence-corrected chi connectivity index (χ4v) is 11.5. The number of rotatable bonds is 11. The summed E-state index contributed by atoms with van der Waals surface area (Å²) in [4.78, 5) is 43.6. The molecule has 0 saturated carbocycles. The van der Waals surface area contributed by atoms with Crippen molar-refractivity contribution in [3.05, 3.63) is 101 Å². The second-order valence-corrected chi connectivity index (χ2v) is 19.3. The minimum atomic E-state index is -2.90. The van der Waals surface area contributed by atoms with Gasteiger partial charge >= 0.3 is 0 Å². The van der Waals surface area contributed by atoms with Gasteiger partial charge in [-0.3, -0.25) is 14.3 Å². The maximum absolute atomic E-state index is 15.0. The van der Waals surface area contributed by atoms with E-state index in [-0.39, 0.29) is 35.8 Å². The number of hydrogen-bond acceptors (Lipinski definition) is 8. The van der Waals surface area contributed by atoms with Crippen molar-refractivity contribution in [2.24, 2.45) is 5.92 Å². The highest BCUT2D eigenvalue weighted by Gasteiger charge is 2.66. The summed E-state index contributed by atoms with van der Waals surface area (Å²) in [6.07, 6.45) is 6.55. The van der Waals surface area contributed by atoms with Gasteiger partial charge in [-0.05, 0) is 73.8 Å². The third kappa shape index (κ3) is 7.05. The maximum atomic E-state index is 15.0. The Kier molecular flexibility index (Phi) is 10.6. The van der Waals surface area contributed by atoms with Crippen LogP contribution in [0.5, 0.6) is 5.75 Å². The summed E-state index contributed by atoms with van der Waals surface area (Å²) in [6, 6.07) is 23.4. The average molecular weight is 738 g/mol. The first-order valence-corrected chi connectivity index (χ1v) is 21.9. The lowest BCUT2D eigenvalue weighted by Crippen LogP contribution is -2.46. The zero-order valence-corrected chi connectivity index (χ0v) is 32.1. The molecule has 3 aliphatic rings. The Hall–Kier alpha value is -4.36. The lowest BCUT2D eigenvalue weighted by Gasteiger charge is -2.32. The Balaban J connectivity index is 1.18. The lowest BCUT2D eigenvalue weighted by atomic mass is 9.82. The predicted molar refractivity (Wildman–Crippen MR) is 205 cm³/mol. The summed E-state index contributed by atoms with van der Waals surface area (Å²) >= 11 is 0. The first kappa shape index (κ1) is 37.0. The third-order valence-corrected chi connectivity index (χ3v) is 14.0. The van der Waals surface area contributed by atoms with Crippen LogP contribution in [-0.4, -0.2) is 71.4 Å². The Morgan fingerprint density at radius 2 is 1.81 bits per heavy atom. The third-order valence-electron chi connectivity index (χ3n) is 11.5. The van der Waals surface area contributed by atoms with Gasteiger partial charge in [-0.2, -0.15) is 0 Å². The smallest absolute Gasteiger partial charge is 0.264 e. The summed E-state index contributed by atoms with van der Waals surface area (Å²) in [5, 5.41) is 19.0. The van der Waals surface area contributed by atoms with Gasteiger partial charge in [-0.25, -0.2) is 0 Å². The van der Waals surface area contributed by atoms with Crippen LogP contribution in [0.1, 0.15) is 73.8 Å². The quantitative estimate of drug-likeness (QED) is 0.176. The predicted octanol–water partition coefficient (Wildman–Crippen LogP) is 6.14.